The van der Waals surface area contributed by atoms with Crippen LogP contribution >= 0.6 is 0 Å². The third-order valence-electron chi connectivity index (χ3n) is 2.27. The van der Waals surface area contributed by atoms with Gasteiger partial charge in [-0.15, -0.1) is 0 Å². The average molecular weight is 240 g/mol. The Morgan fingerprint density at radius 1 is 1.06 bits per heavy atom. The van der Waals surface area contributed by atoms with Crippen LogP contribution in [0.2, 0.25) is 0 Å². The fraction of sp³-hybridized carbons (Fsp3) is 0.500. The zero-order chi connectivity index (χ0) is 12.5. The Hall–Kier alpha value is -1.46. The minimum absolute atomic E-state index is 0.225. The lowest BCUT2D eigenvalue weighted by atomic mass is 10.2. The second-order valence-corrected chi connectivity index (χ2v) is 3.54. The molecule has 0 aliphatic heterocycles. The van der Waals surface area contributed by atoms with Crippen molar-refractivity contribution >= 4 is 11.4 Å². The maximum Gasteiger partial charge on any atom is 0.140 e. The molecule has 0 atom stereocenters. The van der Waals surface area contributed by atoms with Gasteiger partial charge in [-0.3, -0.25) is 0 Å². The molecule has 1 rings (SSSR count). The summed E-state index contributed by atoms with van der Waals surface area (Å²) in [6.07, 6.45) is 0. The molecule has 96 valence electrons. The molecule has 0 aromatic heterocycles. The number of hydrogen-bond donors (Lipinski definition) is 3. The fourth-order valence-electron chi connectivity index (χ4n) is 1.44. The van der Waals surface area contributed by atoms with Gasteiger partial charge in [0.1, 0.15) is 11.4 Å². The number of nitrogens with one attached hydrogen (secondary N) is 2. The van der Waals surface area contributed by atoms with Gasteiger partial charge in [0.25, 0.3) is 0 Å². The van der Waals surface area contributed by atoms with Crippen molar-refractivity contribution in [2.24, 2.45) is 0 Å². The molecule has 5 nitrogen and oxygen atoms in total. The highest BCUT2D eigenvalue weighted by molar-refractivity contribution is 5.75. The molecule has 0 bridgehead atoms. The summed E-state index contributed by atoms with van der Waals surface area (Å²) < 4.78 is 9.92. The molecule has 0 amide bonds. The maximum atomic E-state index is 9.77. The van der Waals surface area contributed by atoms with E-state index >= 15 is 0 Å². The van der Waals surface area contributed by atoms with Crippen LogP contribution in [0.25, 0.3) is 0 Å². The number of methoxy groups -OCH3 is 2. The summed E-state index contributed by atoms with van der Waals surface area (Å²) in [6.45, 7) is 2.55. The van der Waals surface area contributed by atoms with Crippen LogP contribution in [0, 0.1) is 0 Å². The van der Waals surface area contributed by atoms with E-state index in [0.29, 0.717) is 32.0 Å². The number of ether oxygens (including phenoxy) is 2. The number of phenols is 1. The fourth-order valence-corrected chi connectivity index (χ4v) is 1.44. The van der Waals surface area contributed by atoms with Crippen molar-refractivity contribution in [3.63, 3.8) is 0 Å². The van der Waals surface area contributed by atoms with Gasteiger partial charge >= 0.3 is 0 Å². The first-order valence-corrected chi connectivity index (χ1v) is 5.57. The van der Waals surface area contributed by atoms with E-state index < -0.39 is 0 Å². The zero-order valence-electron chi connectivity index (χ0n) is 10.3. The van der Waals surface area contributed by atoms with Crippen LogP contribution in [0.15, 0.2) is 18.2 Å². The largest absolute Gasteiger partial charge is 0.506 e. The lowest BCUT2D eigenvalue weighted by molar-refractivity contribution is 0.210. The van der Waals surface area contributed by atoms with Gasteiger partial charge in [0.2, 0.25) is 0 Å². The van der Waals surface area contributed by atoms with Crippen LogP contribution in [0.4, 0.5) is 11.4 Å². The predicted molar refractivity (Wildman–Crippen MR) is 68.8 cm³/mol. The summed E-state index contributed by atoms with van der Waals surface area (Å²) in [5.41, 5.74) is 1.55. The minimum atomic E-state index is 0.225. The molecule has 1 aromatic rings. The number of para-hydroxylation sites is 1. The van der Waals surface area contributed by atoms with Crippen molar-refractivity contribution in [2.75, 3.05) is 51.2 Å². The smallest absolute Gasteiger partial charge is 0.140 e. The van der Waals surface area contributed by atoms with E-state index in [1.807, 2.05) is 6.07 Å². The molecule has 0 saturated carbocycles. The van der Waals surface area contributed by atoms with Crippen LogP contribution in [0.1, 0.15) is 0 Å². The molecule has 0 aliphatic carbocycles. The van der Waals surface area contributed by atoms with E-state index in [0.717, 1.165) is 5.69 Å². The second kappa shape index (κ2) is 7.76. The topological polar surface area (TPSA) is 62.8 Å². The maximum absolute atomic E-state index is 9.77. The van der Waals surface area contributed by atoms with Crippen LogP contribution in [-0.2, 0) is 9.47 Å². The van der Waals surface area contributed by atoms with E-state index in [9.17, 15) is 5.11 Å². The van der Waals surface area contributed by atoms with Crippen LogP contribution in [0.3, 0.4) is 0 Å². The van der Waals surface area contributed by atoms with E-state index in [1.165, 1.54) is 0 Å². The Bertz CT molecular complexity index is 332. The van der Waals surface area contributed by atoms with Gasteiger partial charge in [0.05, 0.1) is 18.9 Å². The van der Waals surface area contributed by atoms with E-state index in [2.05, 4.69) is 10.6 Å². The number of rotatable bonds is 8. The molecule has 1 aromatic carbocycles. The molecule has 0 saturated heterocycles. The lowest BCUT2D eigenvalue weighted by Gasteiger charge is -2.14. The summed E-state index contributed by atoms with van der Waals surface area (Å²) >= 11 is 0. The molecule has 3 N–H and O–H groups in total. The molecule has 0 aliphatic rings. The van der Waals surface area contributed by atoms with E-state index in [4.69, 9.17) is 9.47 Å². The first kappa shape index (κ1) is 13.6. The third-order valence-corrected chi connectivity index (χ3v) is 2.27. The van der Waals surface area contributed by atoms with Crippen molar-refractivity contribution in [1.29, 1.82) is 0 Å². The Morgan fingerprint density at radius 3 is 2.35 bits per heavy atom. The van der Waals surface area contributed by atoms with Gasteiger partial charge in [-0.25, -0.2) is 0 Å². The SMILES string of the molecule is COCCNc1cccc(O)c1NCCOC. The van der Waals surface area contributed by atoms with Crippen molar-refractivity contribution in [2.45, 2.75) is 0 Å². The van der Waals surface area contributed by atoms with Crippen LogP contribution in [0.5, 0.6) is 5.75 Å². The van der Waals surface area contributed by atoms with Crippen molar-refractivity contribution in [3.05, 3.63) is 18.2 Å². The van der Waals surface area contributed by atoms with E-state index in [1.54, 1.807) is 26.4 Å². The number of aromatic hydroxyl groups is 1. The first-order chi connectivity index (χ1) is 8.29. The average Bonchev–Trinajstić information content (AvgIpc) is 2.33. The monoisotopic (exact) mass is 240 g/mol. The molecule has 0 spiro atoms. The second-order valence-electron chi connectivity index (χ2n) is 3.54. The number of anilines is 2. The van der Waals surface area contributed by atoms with Gasteiger partial charge in [-0.1, -0.05) is 6.07 Å². The van der Waals surface area contributed by atoms with Gasteiger partial charge in [-0.2, -0.15) is 0 Å². The highest BCUT2D eigenvalue weighted by atomic mass is 16.5. The van der Waals surface area contributed by atoms with Gasteiger partial charge < -0.3 is 25.2 Å². The number of hydrogen-bond acceptors (Lipinski definition) is 5. The van der Waals surface area contributed by atoms with Crippen molar-refractivity contribution < 1.29 is 14.6 Å². The normalized spacial score (nSPS) is 10.2. The molecule has 0 heterocycles. The Labute approximate surface area is 102 Å². The van der Waals surface area contributed by atoms with Gasteiger partial charge in [0.15, 0.2) is 0 Å². The van der Waals surface area contributed by atoms with Crippen molar-refractivity contribution in [3.8, 4) is 5.75 Å². The van der Waals surface area contributed by atoms with Crippen LogP contribution < -0.4 is 10.6 Å². The Morgan fingerprint density at radius 2 is 1.71 bits per heavy atom. The summed E-state index contributed by atoms with van der Waals surface area (Å²) in [4.78, 5) is 0. The van der Waals surface area contributed by atoms with E-state index in [-0.39, 0.29) is 5.75 Å². The highest BCUT2D eigenvalue weighted by Gasteiger charge is 2.06. The summed E-state index contributed by atoms with van der Waals surface area (Å²) in [7, 11) is 3.30. The molecule has 5 heteroatoms. The Kier molecular flexibility index (Phi) is 6.21. The molecule has 0 fully saturated rings. The zero-order valence-corrected chi connectivity index (χ0v) is 10.3. The molecule has 0 unspecified atom stereocenters. The predicted octanol–water partition coefficient (Wildman–Crippen LogP) is 1.51. The standard InChI is InChI=1S/C12H20N2O3/c1-16-8-6-13-10-4-3-5-11(15)12(10)14-7-9-17-2/h3-5,13-15H,6-9H2,1-2H3. The molecular weight excluding hydrogens is 220 g/mol. The lowest BCUT2D eigenvalue weighted by Crippen LogP contribution is -2.12. The summed E-state index contributed by atoms with van der Waals surface area (Å²) in [6, 6.07) is 5.35. The quantitative estimate of drug-likeness (QED) is 0.475. The molecular formula is C12H20N2O3. The third kappa shape index (κ3) is 4.50. The highest BCUT2D eigenvalue weighted by Crippen LogP contribution is 2.31. The summed E-state index contributed by atoms with van der Waals surface area (Å²) in [5.74, 6) is 0.225. The first-order valence-electron chi connectivity index (χ1n) is 5.57. The molecule has 17 heavy (non-hydrogen) atoms. The van der Waals surface area contributed by atoms with Gasteiger partial charge in [-0.05, 0) is 12.1 Å². The van der Waals surface area contributed by atoms with Gasteiger partial charge in [0, 0.05) is 27.3 Å². The van der Waals surface area contributed by atoms with Crippen LogP contribution in [-0.4, -0.2) is 45.6 Å². The van der Waals surface area contributed by atoms with Crippen molar-refractivity contribution in [1.82, 2.24) is 0 Å². The number of phenolic OH excluding ortho intramolecular Hbond substituents is 1. The minimum Gasteiger partial charge on any atom is -0.506 e. The number of benzene rings is 1. The summed E-state index contributed by atoms with van der Waals surface area (Å²) in [5, 5.41) is 16.1. The molecule has 0 radical (unpaired) electrons. The Balaban J connectivity index is 2.63.